The van der Waals surface area contributed by atoms with E-state index in [2.05, 4.69) is 24.3 Å². The molecule has 0 aliphatic rings. The SMILES string of the molecule is Cc1ccccc1-n1nccc1-c1cc(S(=O)(=O)N(C)Cc2ccccc2OCCNC(C)C)c(O)cc1O. The monoisotopic (exact) mass is 550 g/mol. The van der Waals surface area contributed by atoms with Crippen LogP contribution in [-0.2, 0) is 16.6 Å². The van der Waals surface area contributed by atoms with E-state index in [0.29, 0.717) is 36.2 Å². The quantitative estimate of drug-likeness (QED) is 0.236. The van der Waals surface area contributed by atoms with E-state index < -0.39 is 15.8 Å². The zero-order valence-corrected chi connectivity index (χ0v) is 23.3. The molecule has 4 rings (SSSR count). The van der Waals surface area contributed by atoms with Crippen LogP contribution in [0.1, 0.15) is 25.0 Å². The number of para-hydroxylation sites is 2. The third-order valence-corrected chi connectivity index (χ3v) is 8.14. The number of rotatable bonds is 11. The van der Waals surface area contributed by atoms with Crippen molar-refractivity contribution in [3.05, 3.63) is 84.1 Å². The molecule has 10 heteroatoms. The topological polar surface area (TPSA) is 117 Å². The predicted molar refractivity (Wildman–Crippen MR) is 151 cm³/mol. The molecule has 0 spiro atoms. The fourth-order valence-corrected chi connectivity index (χ4v) is 5.48. The van der Waals surface area contributed by atoms with Gasteiger partial charge in [-0.3, -0.25) is 0 Å². The van der Waals surface area contributed by atoms with Crippen molar-refractivity contribution < 1.29 is 23.4 Å². The van der Waals surface area contributed by atoms with Crippen LogP contribution in [0.25, 0.3) is 16.9 Å². The first-order valence-corrected chi connectivity index (χ1v) is 14.1. The Balaban J connectivity index is 1.64. The highest BCUT2D eigenvalue weighted by Crippen LogP contribution is 2.39. The fourth-order valence-electron chi connectivity index (χ4n) is 4.25. The van der Waals surface area contributed by atoms with Gasteiger partial charge in [0, 0.05) is 43.4 Å². The number of nitrogens with zero attached hydrogens (tertiary/aromatic N) is 3. The third-order valence-electron chi connectivity index (χ3n) is 6.31. The number of phenolic OH excluding ortho intramolecular Hbond substituents is 2. The van der Waals surface area contributed by atoms with Crippen molar-refractivity contribution in [3.63, 3.8) is 0 Å². The third kappa shape index (κ3) is 6.25. The fraction of sp³-hybridized carbons (Fsp3) is 0.276. The van der Waals surface area contributed by atoms with Gasteiger partial charge < -0.3 is 20.3 Å². The summed E-state index contributed by atoms with van der Waals surface area (Å²) in [5.41, 5.74) is 3.13. The smallest absolute Gasteiger partial charge is 0.246 e. The van der Waals surface area contributed by atoms with Gasteiger partial charge in [0.2, 0.25) is 10.0 Å². The highest BCUT2D eigenvalue weighted by Gasteiger charge is 2.28. The van der Waals surface area contributed by atoms with E-state index in [-0.39, 0.29) is 22.8 Å². The van der Waals surface area contributed by atoms with Crippen molar-refractivity contribution in [3.8, 4) is 34.2 Å². The second-order valence-electron chi connectivity index (χ2n) is 9.58. The van der Waals surface area contributed by atoms with Crippen molar-refractivity contribution in [2.24, 2.45) is 0 Å². The highest BCUT2D eigenvalue weighted by molar-refractivity contribution is 7.89. The summed E-state index contributed by atoms with van der Waals surface area (Å²) < 4.78 is 36.0. The summed E-state index contributed by atoms with van der Waals surface area (Å²) in [6.45, 7) is 7.15. The van der Waals surface area contributed by atoms with E-state index in [1.54, 1.807) is 29.1 Å². The molecular weight excluding hydrogens is 516 g/mol. The lowest BCUT2D eigenvalue weighted by atomic mass is 10.1. The molecule has 0 atom stereocenters. The summed E-state index contributed by atoms with van der Waals surface area (Å²) in [5.74, 6) is -0.226. The largest absolute Gasteiger partial charge is 0.507 e. The van der Waals surface area contributed by atoms with Crippen molar-refractivity contribution in [1.29, 1.82) is 0 Å². The molecule has 9 nitrogen and oxygen atoms in total. The van der Waals surface area contributed by atoms with Crippen LogP contribution in [0.2, 0.25) is 0 Å². The van der Waals surface area contributed by atoms with Crippen molar-refractivity contribution >= 4 is 10.0 Å². The molecule has 0 unspecified atom stereocenters. The number of aryl methyl sites for hydroxylation is 1. The molecule has 3 N–H and O–H groups in total. The van der Waals surface area contributed by atoms with Crippen LogP contribution in [0, 0.1) is 6.92 Å². The van der Waals surface area contributed by atoms with Crippen LogP contribution in [0.15, 0.2) is 77.8 Å². The van der Waals surface area contributed by atoms with Gasteiger partial charge in [0.1, 0.15) is 28.8 Å². The lowest BCUT2D eigenvalue weighted by Gasteiger charge is -2.21. The number of hydrogen-bond acceptors (Lipinski definition) is 7. The number of benzene rings is 3. The molecule has 0 fully saturated rings. The second kappa shape index (κ2) is 11.9. The molecule has 1 aromatic heterocycles. The molecular formula is C29H34N4O5S. The Morgan fingerprint density at radius 2 is 1.74 bits per heavy atom. The van der Waals surface area contributed by atoms with Crippen LogP contribution in [0.4, 0.5) is 0 Å². The average Bonchev–Trinajstić information content (AvgIpc) is 3.37. The standard InChI is InChI=1S/C29H34N4O5S/c1-20(2)30-15-16-38-28-12-8-6-10-22(28)19-32(4)39(36,37)29-17-23(26(34)18-27(29)35)25-13-14-31-33(25)24-11-7-5-9-21(24)3/h5-14,17-18,20,30,34-35H,15-16,19H2,1-4H3. The predicted octanol–water partition coefficient (Wildman–Crippen LogP) is 4.46. The van der Waals surface area contributed by atoms with E-state index in [0.717, 1.165) is 21.6 Å². The summed E-state index contributed by atoms with van der Waals surface area (Å²) in [5, 5.41) is 29.0. The first kappa shape index (κ1) is 28.2. The first-order valence-electron chi connectivity index (χ1n) is 12.7. The summed E-state index contributed by atoms with van der Waals surface area (Å²) in [4.78, 5) is -0.324. The average molecular weight is 551 g/mol. The van der Waals surface area contributed by atoms with Crippen LogP contribution in [-0.4, -0.2) is 59.0 Å². The maximum absolute atomic E-state index is 13.7. The van der Waals surface area contributed by atoms with Crippen molar-refractivity contribution in [2.45, 2.75) is 38.3 Å². The number of sulfonamides is 1. The number of ether oxygens (including phenoxy) is 1. The highest BCUT2D eigenvalue weighted by atomic mass is 32.2. The first-order chi connectivity index (χ1) is 18.6. The van der Waals surface area contributed by atoms with Crippen molar-refractivity contribution in [1.82, 2.24) is 19.4 Å². The summed E-state index contributed by atoms with van der Waals surface area (Å²) in [6, 6.07) is 19.2. The van der Waals surface area contributed by atoms with E-state index in [1.807, 2.05) is 43.3 Å². The summed E-state index contributed by atoms with van der Waals surface area (Å²) >= 11 is 0. The van der Waals surface area contributed by atoms with Crippen LogP contribution in [0.5, 0.6) is 17.2 Å². The molecule has 0 bridgehead atoms. The molecule has 206 valence electrons. The van der Waals surface area contributed by atoms with E-state index in [1.165, 1.54) is 13.1 Å². The lowest BCUT2D eigenvalue weighted by molar-refractivity contribution is 0.303. The van der Waals surface area contributed by atoms with E-state index in [9.17, 15) is 18.6 Å². The molecule has 1 heterocycles. The van der Waals surface area contributed by atoms with E-state index in [4.69, 9.17) is 4.74 Å². The minimum atomic E-state index is -4.16. The van der Waals surface area contributed by atoms with Gasteiger partial charge in [-0.2, -0.15) is 9.40 Å². The Labute approximate surface area is 229 Å². The molecule has 0 saturated heterocycles. The lowest BCUT2D eigenvalue weighted by Crippen LogP contribution is -2.28. The van der Waals surface area contributed by atoms with Crippen LogP contribution >= 0.6 is 0 Å². The van der Waals surface area contributed by atoms with Gasteiger partial charge in [0.05, 0.1) is 17.6 Å². The molecule has 0 aliphatic carbocycles. The zero-order valence-electron chi connectivity index (χ0n) is 22.5. The number of phenols is 2. The van der Waals surface area contributed by atoms with Gasteiger partial charge in [0.25, 0.3) is 0 Å². The molecule has 3 aromatic carbocycles. The molecule has 0 aliphatic heterocycles. The Hall–Kier alpha value is -3.86. The Morgan fingerprint density at radius 1 is 1.03 bits per heavy atom. The molecule has 0 amide bonds. The number of hydrogen-bond donors (Lipinski definition) is 3. The van der Waals surface area contributed by atoms with Gasteiger partial charge in [-0.15, -0.1) is 0 Å². The number of aromatic nitrogens is 2. The van der Waals surface area contributed by atoms with E-state index >= 15 is 0 Å². The normalized spacial score (nSPS) is 11.8. The van der Waals surface area contributed by atoms with Gasteiger partial charge in [0.15, 0.2) is 0 Å². The minimum Gasteiger partial charge on any atom is -0.507 e. The summed E-state index contributed by atoms with van der Waals surface area (Å²) in [7, 11) is -2.72. The minimum absolute atomic E-state index is 0.0207. The molecule has 0 saturated carbocycles. The van der Waals surface area contributed by atoms with Crippen LogP contribution < -0.4 is 10.1 Å². The Morgan fingerprint density at radius 3 is 2.49 bits per heavy atom. The van der Waals surface area contributed by atoms with Crippen molar-refractivity contribution in [2.75, 3.05) is 20.2 Å². The Bertz CT molecular complexity index is 1550. The van der Waals surface area contributed by atoms with Gasteiger partial charge in [-0.05, 0) is 36.8 Å². The molecule has 0 radical (unpaired) electrons. The van der Waals surface area contributed by atoms with Crippen LogP contribution in [0.3, 0.4) is 0 Å². The maximum atomic E-state index is 13.7. The zero-order chi connectivity index (χ0) is 28.2. The maximum Gasteiger partial charge on any atom is 0.246 e. The molecule has 4 aromatic rings. The second-order valence-corrected chi connectivity index (χ2v) is 11.6. The number of aromatic hydroxyl groups is 2. The van der Waals surface area contributed by atoms with Gasteiger partial charge in [-0.25, -0.2) is 13.1 Å². The molecule has 39 heavy (non-hydrogen) atoms. The van der Waals surface area contributed by atoms with Gasteiger partial charge in [-0.1, -0.05) is 50.2 Å². The summed E-state index contributed by atoms with van der Waals surface area (Å²) in [6.07, 6.45) is 1.57. The number of nitrogens with one attached hydrogen (secondary N) is 1. The Kier molecular flexibility index (Phi) is 8.59. The van der Waals surface area contributed by atoms with Gasteiger partial charge >= 0.3 is 0 Å².